The van der Waals surface area contributed by atoms with Crippen LogP contribution < -0.4 is 5.32 Å². The summed E-state index contributed by atoms with van der Waals surface area (Å²) in [5.74, 6) is -0.538. The van der Waals surface area contributed by atoms with Gasteiger partial charge in [-0.25, -0.2) is 9.59 Å². The van der Waals surface area contributed by atoms with Crippen LogP contribution in [0, 0.1) is 0 Å². The molecule has 2 unspecified atom stereocenters. The molecule has 7 heteroatoms. The molecule has 27 heavy (non-hydrogen) atoms. The van der Waals surface area contributed by atoms with Crippen molar-refractivity contribution in [2.45, 2.75) is 88.5 Å². The highest BCUT2D eigenvalue weighted by Gasteiger charge is 2.49. The summed E-state index contributed by atoms with van der Waals surface area (Å²) in [5, 5.41) is 2.76. The maximum Gasteiger partial charge on any atom is 0.408 e. The fourth-order valence-electron chi connectivity index (χ4n) is 4.20. The Kier molecular flexibility index (Phi) is 6.74. The minimum absolute atomic E-state index is 0.0499. The molecule has 0 aromatic heterocycles. The van der Waals surface area contributed by atoms with Crippen molar-refractivity contribution in [3.05, 3.63) is 12.7 Å². The summed E-state index contributed by atoms with van der Waals surface area (Å²) < 4.78 is 10.6. The highest BCUT2D eigenvalue weighted by Crippen LogP contribution is 2.30. The van der Waals surface area contributed by atoms with Crippen molar-refractivity contribution in [2.75, 3.05) is 6.54 Å². The Morgan fingerprint density at radius 3 is 2.74 bits per heavy atom. The molecule has 1 aliphatic carbocycles. The third-order valence-electron chi connectivity index (χ3n) is 5.67. The number of fused-ring (bicyclic) bond motifs is 2. The van der Waals surface area contributed by atoms with Crippen LogP contribution in [-0.2, 0) is 19.1 Å². The molecule has 1 N–H and O–H groups in total. The van der Waals surface area contributed by atoms with Crippen molar-refractivity contribution in [1.82, 2.24) is 10.2 Å². The summed E-state index contributed by atoms with van der Waals surface area (Å²) in [5.41, 5.74) is 0. The van der Waals surface area contributed by atoms with E-state index in [-0.39, 0.29) is 24.1 Å². The number of morpholine rings is 1. The number of hydrogen-bond acceptors (Lipinski definition) is 5. The van der Waals surface area contributed by atoms with Gasteiger partial charge in [0.25, 0.3) is 0 Å². The number of likely N-dealkylation sites (tertiary alicyclic amines) is 1. The molecule has 3 atom stereocenters. The minimum Gasteiger partial charge on any atom is -0.459 e. The predicted octanol–water partition coefficient (Wildman–Crippen LogP) is 2.69. The highest BCUT2D eigenvalue weighted by molar-refractivity contribution is 5.91. The molecule has 2 bridgehead atoms. The normalized spacial score (nSPS) is 25.3. The smallest absolute Gasteiger partial charge is 0.408 e. The van der Waals surface area contributed by atoms with Gasteiger partial charge in [0, 0.05) is 6.42 Å². The van der Waals surface area contributed by atoms with Gasteiger partial charge < -0.3 is 19.7 Å². The summed E-state index contributed by atoms with van der Waals surface area (Å²) in [6.07, 6.45) is 9.84. The molecule has 2 heterocycles. The number of nitrogens with one attached hydrogen (secondary N) is 1. The van der Waals surface area contributed by atoms with Crippen LogP contribution in [0.5, 0.6) is 0 Å². The van der Waals surface area contributed by atoms with Crippen molar-refractivity contribution < 1.29 is 23.9 Å². The number of amides is 2. The maximum absolute atomic E-state index is 13.0. The number of allylic oxidation sites excluding steroid dienone is 1. The topological polar surface area (TPSA) is 84.9 Å². The second-order valence-electron chi connectivity index (χ2n) is 7.74. The van der Waals surface area contributed by atoms with E-state index in [1.54, 1.807) is 4.90 Å². The zero-order chi connectivity index (χ0) is 19.2. The average molecular weight is 378 g/mol. The fraction of sp³-hybridized carbons (Fsp3) is 0.750. The molecule has 2 aliphatic heterocycles. The van der Waals surface area contributed by atoms with Crippen molar-refractivity contribution in [1.29, 1.82) is 0 Å². The zero-order valence-electron chi connectivity index (χ0n) is 15.9. The summed E-state index contributed by atoms with van der Waals surface area (Å²) >= 11 is 0. The SMILES string of the molecule is C=CCCCCC[C@H](NC(=O)OC1CCCC1)C(=O)N1CC2CC1C(=O)O2. The van der Waals surface area contributed by atoms with Crippen molar-refractivity contribution in [2.24, 2.45) is 0 Å². The van der Waals surface area contributed by atoms with Gasteiger partial charge in [0.05, 0.1) is 6.54 Å². The number of carbonyl (C=O) groups excluding carboxylic acids is 3. The molecule has 7 nitrogen and oxygen atoms in total. The van der Waals surface area contributed by atoms with Crippen LogP contribution >= 0.6 is 0 Å². The first kappa shape index (κ1) is 19.7. The van der Waals surface area contributed by atoms with Crippen LogP contribution in [0.15, 0.2) is 12.7 Å². The van der Waals surface area contributed by atoms with E-state index in [0.717, 1.165) is 51.4 Å². The Hall–Kier alpha value is -2.05. The fourth-order valence-corrected chi connectivity index (χ4v) is 4.20. The molecule has 0 radical (unpaired) electrons. The molecule has 3 rings (SSSR count). The minimum atomic E-state index is -0.658. The van der Waals surface area contributed by atoms with E-state index >= 15 is 0 Å². The zero-order valence-corrected chi connectivity index (χ0v) is 15.9. The summed E-state index contributed by atoms with van der Waals surface area (Å²) in [7, 11) is 0. The van der Waals surface area contributed by atoms with Gasteiger partial charge in [0.2, 0.25) is 5.91 Å². The molecule has 150 valence electrons. The van der Waals surface area contributed by atoms with Gasteiger partial charge in [-0.2, -0.15) is 0 Å². The summed E-state index contributed by atoms with van der Waals surface area (Å²) in [4.78, 5) is 38.7. The van der Waals surface area contributed by atoms with Gasteiger partial charge in [-0.05, 0) is 44.9 Å². The third kappa shape index (κ3) is 5.02. The first-order valence-electron chi connectivity index (χ1n) is 10.2. The van der Waals surface area contributed by atoms with Gasteiger partial charge in [-0.15, -0.1) is 6.58 Å². The molecule has 2 saturated heterocycles. The van der Waals surface area contributed by atoms with E-state index < -0.39 is 18.2 Å². The Morgan fingerprint density at radius 1 is 1.30 bits per heavy atom. The Morgan fingerprint density at radius 2 is 2.07 bits per heavy atom. The monoisotopic (exact) mass is 378 g/mol. The van der Waals surface area contributed by atoms with Gasteiger partial charge in [-0.1, -0.05) is 18.9 Å². The van der Waals surface area contributed by atoms with Crippen molar-refractivity contribution in [3.63, 3.8) is 0 Å². The molecule has 0 spiro atoms. The number of unbranched alkanes of at least 4 members (excludes halogenated alkanes) is 3. The molecule has 3 fully saturated rings. The lowest BCUT2D eigenvalue weighted by atomic mass is 10.1. The van der Waals surface area contributed by atoms with Gasteiger partial charge >= 0.3 is 12.1 Å². The summed E-state index contributed by atoms with van der Waals surface area (Å²) in [6.45, 7) is 4.13. The molecule has 1 saturated carbocycles. The van der Waals surface area contributed by atoms with Crippen molar-refractivity contribution >= 4 is 18.0 Å². The van der Waals surface area contributed by atoms with Crippen LogP contribution in [-0.4, -0.2) is 53.7 Å². The van der Waals surface area contributed by atoms with Crippen LogP contribution in [0.2, 0.25) is 0 Å². The highest BCUT2D eigenvalue weighted by atomic mass is 16.6. The Labute approximate surface area is 160 Å². The summed E-state index contributed by atoms with van der Waals surface area (Å²) in [6, 6.07) is -1.16. The van der Waals surface area contributed by atoms with Crippen LogP contribution in [0.3, 0.4) is 0 Å². The largest absolute Gasteiger partial charge is 0.459 e. The van der Waals surface area contributed by atoms with Gasteiger partial charge in [0.15, 0.2) is 0 Å². The van der Waals surface area contributed by atoms with Crippen LogP contribution in [0.1, 0.15) is 64.2 Å². The second-order valence-corrected chi connectivity index (χ2v) is 7.74. The van der Waals surface area contributed by atoms with Crippen LogP contribution in [0.25, 0.3) is 0 Å². The quantitative estimate of drug-likeness (QED) is 0.379. The molecule has 0 aromatic carbocycles. The number of carbonyl (C=O) groups is 3. The maximum atomic E-state index is 13.0. The number of nitrogens with zero attached hydrogens (tertiary/aromatic N) is 1. The van der Waals surface area contributed by atoms with Crippen molar-refractivity contribution in [3.8, 4) is 0 Å². The number of hydrogen-bond donors (Lipinski definition) is 1. The standard InChI is InChI=1S/C20H30N2O5/c1-2-3-4-5-6-11-16(21-20(25)27-14-9-7-8-10-14)18(23)22-13-15-12-17(22)19(24)26-15/h2,14-17H,1,3-13H2,(H,21,25)/t15?,16-,17?/m0/s1. The molecular formula is C20H30N2O5. The lowest BCUT2D eigenvalue weighted by Gasteiger charge is -2.30. The second kappa shape index (κ2) is 9.24. The van der Waals surface area contributed by atoms with E-state index in [0.29, 0.717) is 19.4 Å². The molecule has 0 aromatic rings. The van der Waals surface area contributed by atoms with Gasteiger partial charge in [0.1, 0.15) is 24.3 Å². The molecule has 3 aliphatic rings. The molecule has 2 amide bonds. The number of rotatable bonds is 9. The van der Waals surface area contributed by atoms with E-state index in [9.17, 15) is 14.4 Å². The lowest BCUT2D eigenvalue weighted by Crippen LogP contribution is -2.53. The van der Waals surface area contributed by atoms with Gasteiger partial charge in [-0.3, -0.25) is 4.79 Å². The van der Waals surface area contributed by atoms with E-state index in [1.807, 2.05) is 6.08 Å². The lowest BCUT2D eigenvalue weighted by molar-refractivity contribution is -0.157. The van der Waals surface area contributed by atoms with E-state index in [2.05, 4.69) is 11.9 Å². The first-order valence-corrected chi connectivity index (χ1v) is 10.2. The number of ether oxygens (including phenoxy) is 2. The predicted molar refractivity (Wildman–Crippen MR) is 98.9 cm³/mol. The average Bonchev–Trinajstić information content (AvgIpc) is 3.37. The first-order chi connectivity index (χ1) is 13.1. The van der Waals surface area contributed by atoms with E-state index in [1.165, 1.54) is 0 Å². The number of alkyl carbamates (subject to hydrolysis) is 1. The third-order valence-corrected chi connectivity index (χ3v) is 5.67. The van der Waals surface area contributed by atoms with Crippen LogP contribution in [0.4, 0.5) is 4.79 Å². The number of esters is 1. The molecular weight excluding hydrogens is 348 g/mol. The van der Waals surface area contributed by atoms with E-state index in [4.69, 9.17) is 9.47 Å². The Bertz CT molecular complexity index is 573. The Balaban J connectivity index is 1.56.